The highest BCUT2D eigenvalue weighted by molar-refractivity contribution is 7.17. The van der Waals surface area contributed by atoms with Gasteiger partial charge in [0.15, 0.2) is 5.13 Å². The summed E-state index contributed by atoms with van der Waals surface area (Å²) in [6.07, 6.45) is 0.801. The molecular formula is C28H28N2O7S. The zero-order chi connectivity index (χ0) is 27.4. The van der Waals surface area contributed by atoms with Crippen molar-refractivity contribution in [2.24, 2.45) is 0 Å². The highest BCUT2D eigenvalue weighted by Gasteiger charge is 2.48. The smallest absolute Gasteiger partial charge is 0.350 e. The number of carbonyl (C=O) groups is 3. The predicted octanol–water partition coefficient (Wildman–Crippen LogP) is 5.05. The number of ketones is 1. The Hall–Kier alpha value is -4.18. The number of anilines is 1. The van der Waals surface area contributed by atoms with Gasteiger partial charge in [-0.1, -0.05) is 30.4 Å². The summed E-state index contributed by atoms with van der Waals surface area (Å²) in [5.41, 5.74) is 1.16. The number of carbonyl (C=O) groups excluding carboxylic acids is 3. The van der Waals surface area contributed by atoms with Crippen LogP contribution in [0.4, 0.5) is 5.13 Å². The maximum atomic E-state index is 13.4. The number of esters is 1. The van der Waals surface area contributed by atoms with E-state index in [1.165, 1.54) is 12.0 Å². The first-order chi connectivity index (χ1) is 18.3. The molecule has 10 heteroatoms. The van der Waals surface area contributed by atoms with Crippen molar-refractivity contribution in [2.75, 3.05) is 25.2 Å². The van der Waals surface area contributed by atoms with Crippen molar-refractivity contribution in [2.45, 2.75) is 33.2 Å². The lowest BCUT2D eigenvalue weighted by molar-refractivity contribution is -0.132. The van der Waals surface area contributed by atoms with Gasteiger partial charge in [0.05, 0.1) is 37.6 Å². The number of aliphatic hydroxyl groups is 1. The van der Waals surface area contributed by atoms with Crippen LogP contribution < -0.4 is 14.4 Å². The van der Waals surface area contributed by atoms with Gasteiger partial charge in [0.2, 0.25) is 0 Å². The molecule has 0 radical (unpaired) electrons. The molecule has 1 aromatic heterocycles. The number of rotatable bonds is 9. The van der Waals surface area contributed by atoms with Crippen LogP contribution in [0.2, 0.25) is 0 Å². The molecule has 4 rings (SSSR count). The molecule has 1 amide bonds. The lowest BCUT2D eigenvalue weighted by Gasteiger charge is -2.23. The fourth-order valence-corrected chi connectivity index (χ4v) is 5.10. The summed E-state index contributed by atoms with van der Waals surface area (Å²) in [6, 6.07) is 12.5. The standard InChI is InChI=1S/C28H28N2O7S/c1-5-14-37-20-9-7-8-18(15-20)22-21(23(31)17-10-12-19(35-4)13-11-17)24(32)26(33)30(22)28-29-16(3)25(38-28)27(34)36-6-2/h7-13,15,22,31H,5-6,14H2,1-4H3/b23-21+. The van der Waals surface area contributed by atoms with Crippen LogP contribution >= 0.6 is 11.3 Å². The first-order valence-corrected chi connectivity index (χ1v) is 12.9. The molecule has 0 aliphatic carbocycles. The molecule has 0 spiro atoms. The number of benzene rings is 2. The number of Topliss-reactive ketones (excluding diaryl/α,β-unsaturated/α-hetero) is 1. The Labute approximate surface area is 224 Å². The normalized spacial score (nSPS) is 16.5. The second-order valence-corrected chi connectivity index (χ2v) is 9.43. The summed E-state index contributed by atoms with van der Waals surface area (Å²) in [7, 11) is 1.52. The summed E-state index contributed by atoms with van der Waals surface area (Å²) < 4.78 is 16.1. The lowest BCUT2D eigenvalue weighted by atomic mass is 9.95. The van der Waals surface area contributed by atoms with E-state index in [1.54, 1.807) is 62.4 Å². The molecule has 1 unspecified atom stereocenters. The molecule has 0 saturated carbocycles. The third kappa shape index (κ3) is 5.12. The van der Waals surface area contributed by atoms with E-state index in [2.05, 4.69) is 4.98 Å². The number of aromatic nitrogens is 1. The fourth-order valence-electron chi connectivity index (χ4n) is 4.12. The van der Waals surface area contributed by atoms with E-state index >= 15 is 0 Å². The fraction of sp³-hybridized carbons (Fsp3) is 0.286. The minimum Gasteiger partial charge on any atom is -0.507 e. The van der Waals surface area contributed by atoms with Crippen molar-refractivity contribution < 1.29 is 33.7 Å². The second-order valence-electron chi connectivity index (χ2n) is 8.45. The number of nitrogens with zero attached hydrogens (tertiary/aromatic N) is 2. The lowest BCUT2D eigenvalue weighted by Crippen LogP contribution is -2.29. The summed E-state index contributed by atoms with van der Waals surface area (Å²) >= 11 is 0.957. The maximum Gasteiger partial charge on any atom is 0.350 e. The summed E-state index contributed by atoms with van der Waals surface area (Å²) in [6.45, 7) is 5.99. The van der Waals surface area contributed by atoms with E-state index in [0.717, 1.165) is 17.8 Å². The highest BCUT2D eigenvalue weighted by atomic mass is 32.1. The zero-order valence-electron chi connectivity index (χ0n) is 21.5. The molecule has 1 saturated heterocycles. The van der Waals surface area contributed by atoms with Gasteiger partial charge in [-0.25, -0.2) is 9.78 Å². The van der Waals surface area contributed by atoms with Gasteiger partial charge in [0.1, 0.15) is 22.1 Å². The van der Waals surface area contributed by atoms with Crippen LogP contribution in [-0.2, 0) is 14.3 Å². The molecule has 1 aliphatic rings. The minimum absolute atomic E-state index is 0.0988. The van der Waals surface area contributed by atoms with Crippen molar-refractivity contribution >= 4 is 39.9 Å². The summed E-state index contributed by atoms with van der Waals surface area (Å²) in [5, 5.41) is 11.5. The van der Waals surface area contributed by atoms with Gasteiger partial charge in [0, 0.05) is 5.56 Å². The van der Waals surface area contributed by atoms with Crippen LogP contribution in [0.25, 0.3) is 5.76 Å². The van der Waals surface area contributed by atoms with Gasteiger partial charge < -0.3 is 19.3 Å². The van der Waals surface area contributed by atoms with Crippen LogP contribution in [0.5, 0.6) is 11.5 Å². The Morgan fingerprint density at radius 2 is 1.84 bits per heavy atom. The Bertz CT molecular complexity index is 1390. The van der Waals surface area contributed by atoms with Gasteiger partial charge in [-0.2, -0.15) is 0 Å². The zero-order valence-corrected chi connectivity index (χ0v) is 22.3. The number of amides is 1. The van der Waals surface area contributed by atoms with Crippen LogP contribution in [0, 0.1) is 6.92 Å². The third-order valence-corrected chi connectivity index (χ3v) is 7.04. The second kappa shape index (κ2) is 11.5. The average molecular weight is 537 g/mol. The Morgan fingerprint density at radius 1 is 1.11 bits per heavy atom. The maximum absolute atomic E-state index is 13.4. The predicted molar refractivity (Wildman–Crippen MR) is 143 cm³/mol. The SMILES string of the molecule is CCCOc1cccc(C2/C(=C(\O)c3ccc(OC)cc3)C(=O)C(=O)N2c2nc(C)c(C(=O)OCC)s2)c1. The van der Waals surface area contributed by atoms with Crippen molar-refractivity contribution in [3.63, 3.8) is 0 Å². The van der Waals surface area contributed by atoms with Gasteiger partial charge in [-0.3, -0.25) is 14.5 Å². The summed E-state index contributed by atoms with van der Waals surface area (Å²) in [5.74, 6) is -1.50. The molecule has 1 N–H and O–H groups in total. The summed E-state index contributed by atoms with van der Waals surface area (Å²) in [4.78, 5) is 45.2. The molecule has 0 bridgehead atoms. The van der Waals surface area contributed by atoms with Crippen LogP contribution in [0.3, 0.4) is 0 Å². The number of hydrogen-bond donors (Lipinski definition) is 1. The van der Waals surface area contributed by atoms with E-state index in [1.807, 2.05) is 6.92 Å². The minimum atomic E-state index is -1.01. The number of hydrogen-bond acceptors (Lipinski definition) is 9. The number of methoxy groups -OCH3 is 1. The first-order valence-electron chi connectivity index (χ1n) is 12.1. The van der Waals surface area contributed by atoms with Crippen LogP contribution in [0.15, 0.2) is 54.1 Å². The monoisotopic (exact) mass is 536 g/mol. The van der Waals surface area contributed by atoms with Crippen molar-refractivity contribution in [1.82, 2.24) is 4.98 Å². The number of ether oxygens (including phenoxy) is 3. The van der Waals surface area contributed by atoms with Crippen LogP contribution in [-0.4, -0.2) is 48.1 Å². The number of thiazole rings is 1. The van der Waals surface area contributed by atoms with Crippen LogP contribution in [0.1, 0.15) is 52.8 Å². The van der Waals surface area contributed by atoms with Crippen molar-refractivity contribution in [1.29, 1.82) is 0 Å². The molecule has 3 aromatic rings. The third-order valence-electron chi connectivity index (χ3n) is 5.91. The highest BCUT2D eigenvalue weighted by Crippen LogP contribution is 2.44. The average Bonchev–Trinajstić information content (AvgIpc) is 3.44. The van der Waals surface area contributed by atoms with E-state index in [0.29, 0.717) is 34.9 Å². The Morgan fingerprint density at radius 3 is 2.50 bits per heavy atom. The van der Waals surface area contributed by atoms with Gasteiger partial charge in [-0.15, -0.1) is 0 Å². The molecule has 2 aromatic carbocycles. The number of aryl methyl sites for hydroxylation is 1. The molecule has 9 nitrogen and oxygen atoms in total. The van der Waals surface area contributed by atoms with Gasteiger partial charge >= 0.3 is 11.9 Å². The van der Waals surface area contributed by atoms with E-state index in [-0.39, 0.29) is 27.9 Å². The molecule has 38 heavy (non-hydrogen) atoms. The van der Waals surface area contributed by atoms with E-state index < -0.39 is 23.7 Å². The largest absolute Gasteiger partial charge is 0.507 e. The molecule has 1 fully saturated rings. The Balaban J connectivity index is 1.89. The number of aliphatic hydroxyl groups excluding tert-OH is 1. The van der Waals surface area contributed by atoms with Gasteiger partial charge in [-0.05, 0) is 62.2 Å². The first kappa shape index (κ1) is 26.9. The molecule has 2 heterocycles. The molecule has 198 valence electrons. The molecule has 1 atom stereocenters. The van der Waals surface area contributed by atoms with Gasteiger partial charge in [0.25, 0.3) is 5.78 Å². The van der Waals surface area contributed by atoms with Crippen molar-refractivity contribution in [3.05, 3.63) is 75.8 Å². The topological polar surface area (TPSA) is 115 Å². The molecule has 1 aliphatic heterocycles. The molecular weight excluding hydrogens is 508 g/mol. The van der Waals surface area contributed by atoms with E-state index in [9.17, 15) is 19.5 Å². The van der Waals surface area contributed by atoms with E-state index in [4.69, 9.17) is 14.2 Å². The quantitative estimate of drug-likeness (QED) is 0.175. The van der Waals surface area contributed by atoms with Crippen molar-refractivity contribution in [3.8, 4) is 11.5 Å². The Kier molecular flexibility index (Phi) is 8.11.